The van der Waals surface area contributed by atoms with Gasteiger partial charge in [-0.05, 0) is 30.7 Å². The molecular weight excluding hydrogens is 233 g/mol. The SMILES string of the molecule is CCC(NC(=O)c1ccc(F)cc1)c1ncc[nH]1. The van der Waals surface area contributed by atoms with Crippen LogP contribution in [0.2, 0.25) is 0 Å². The quantitative estimate of drug-likeness (QED) is 0.871. The van der Waals surface area contributed by atoms with E-state index in [0.717, 1.165) is 6.42 Å². The van der Waals surface area contributed by atoms with E-state index < -0.39 is 0 Å². The van der Waals surface area contributed by atoms with Crippen molar-refractivity contribution >= 4 is 5.91 Å². The summed E-state index contributed by atoms with van der Waals surface area (Å²) in [5, 5.41) is 2.85. The van der Waals surface area contributed by atoms with Crippen LogP contribution in [-0.4, -0.2) is 15.9 Å². The number of nitrogens with one attached hydrogen (secondary N) is 2. The second kappa shape index (κ2) is 5.44. The number of aromatic amines is 1. The Morgan fingerprint density at radius 1 is 1.44 bits per heavy atom. The normalized spacial score (nSPS) is 12.1. The first-order chi connectivity index (χ1) is 8.70. The molecule has 0 aliphatic rings. The topological polar surface area (TPSA) is 57.8 Å². The van der Waals surface area contributed by atoms with Crippen molar-refractivity contribution in [3.63, 3.8) is 0 Å². The van der Waals surface area contributed by atoms with Gasteiger partial charge in [-0.2, -0.15) is 0 Å². The lowest BCUT2D eigenvalue weighted by atomic mass is 10.1. The van der Waals surface area contributed by atoms with E-state index in [9.17, 15) is 9.18 Å². The van der Waals surface area contributed by atoms with Gasteiger partial charge in [-0.3, -0.25) is 4.79 Å². The maximum atomic E-state index is 12.8. The van der Waals surface area contributed by atoms with Crippen molar-refractivity contribution in [1.82, 2.24) is 15.3 Å². The number of halogens is 1. The molecule has 1 unspecified atom stereocenters. The molecule has 1 amide bonds. The van der Waals surface area contributed by atoms with E-state index in [4.69, 9.17) is 0 Å². The molecular formula is C13H14FN3O. The van der Waals surface area contributed by atoms with Crippen LogP contribution in [-0.2, 0) is 0 Å². The molecule has 0 bridgehead atoms. The molecule has 2 rings (SSSR count). The zero-order valence-electron chi connectivity index (χ0n) is 9.98. The molecule has 0 saturated heterocycles. The lowest BCUT2D eigenvalue weighted by Crippen LogP contribution is -2.28. The van der Waals surface area contributed by atoms with Crippen molar-refractivity contribution in [3.05, 3.63) is 53.9 Å². The van der Waals surface area contributed by atoms with Gasteiger partial charge in [0.1, 0.15) is 11.6 Å². The molecule has 4 nitrogen and oxygen atoms in total. The summed E-state index contributed by atoms with van der Waals surface area (Å²) in [5.74, 6) is 0.121. The van der Waals surface area contributed by atoms with Crippen molar-refractivity contribution in [1.29, 1.82) is 0 Å². The van der Waals surface area contributed by atoms with E-state index in [1.165, 1.54) is 24.3 Å². The van der Waals surface area contributed by atoms with Gasteiger partial charge in [-0.1, -0.05) is 6.92 Å². The number of nitrogens with zero attached hydrogens (tertiary/aromatic N) is 1. The fourth-order valence-corrected chi connectivity index (χ4v) is 1.67. The molecule has 18 heavy (non-hydrogen) atoms. The molecule has 1 heterocycles. The van der Waals surface area contributed by atoms with E-state index in [-0.39, 0.29) is 17.8 Å². The van der Waals surface area contributed by atoms with Crippen LogP contribution in [0.5, 0.6) is 0 Å². The molecule has 1 atom stereocenters. The largest absolute Gasteiger partial charge is 0.347 e. The molecule has 0 radical (unpaired) electrons. The summed E-state index contributed by atoms with van der Waals surface area (Å²) in [7, 11) is 0. The van der Waals surface area contributed by atoms with Gasteiger partial charge in [0, 0.05) is 18.0 Å². The number of H-pyrrole nitrogens is 1. The monoisotopic (exact) mass is 247 g/mol. The van der Waals surface area contributed by atoms with Gasteiger partial charge in [0.15, 0.2) is 0 Å². The number of carbonyl (C=O) groups excluding carboxylic acids is 1. The highest BCUT2D eigenvalue weighted by Gasteiger charge is 2.15. The fourth-order valence-electron chi connectivity index (χ4n) is 1.67. The average molecular weight is 247 g/mol. The van der Waals surface area contributed by atoms with E-state index >= 15 is 0 Å². The van der Waals surface area contributed by atoms with E-state index in [2.05, 4.69) is 15.3 Å². The van der Waals surface area contributed by atoms with E-state index in [1.54, 1.807) is 12.4 Å². The van der Waals surface area contributed by atoms with Crippen molar-refractivity contribution in [2.45, 2.75) is 19.4 Å². The van der Waals surface area contributed by atoms with E-state index in [0.29, 0.717) is 11.4 Å². The zero-order chi connectivity index (χ0) is 13.0. The maximum Gasteiger partial charge on any atom is 0.251 e. The van der Waals surface area contributed by atoms with Crippen LogP contribution in [0.1, 0.15) is 35.6 Å². The molecule has 0 fully saturated rings. The molecule has 94 valence electrons. The minimum atomic E-state index is -0.357. The van der Waals surface area contributed by atoms with Crippen LogP contribution >= 0.6 is 0 Å². The number of benzene rings is 1. The number of aromatic nitrogens is 2. The Kier molecular flexibility index (Phi) is 3.72. The average Bonchev–Trinajstić information content (AvgIpc) is 2.90. The van der Waals surface area contributed by atoms with Gasteiger partial charge in [0.25, 0.3) is 5.91 Å². The van der Waals surface area contributed by atoms with Gasteiger partial charge < -0.3 is 10.3 Å². The number of hydrogen-bond donors (Lipinski definition) is 2. The molecule has 0 saturated carbocycles. The summed E-state index contributed by atoms with van der Waals surface area (Å²) in [6.07, 6.45) is 4.07. The molecule has 0 spiro atoms. The molecule has 1 aromatic carbocycles. The molecule has 5 heteroatoms. The number of amides is 1. The van der Waals surface area contributed by atoms with Crippen LogP contribution in [0.25, 0.3) is 0 Å². The van der Waals surface area contributed by atoms with Gasteiger partial charge in [0.2, 0.25) is 0 Å². The third-order valence-corrected chi connectivity index (χ3v) is 2.67. The minimum absolute atomic E-state index is 0.169. The molecule has 1 aromatic heterocycles. The molecule has 0 aliphatic heterocycles. The van der Waals surface area contributed by atoms with E-state index in [1.807, 2.05) is 6.92 Å². The summed E-state index contributed by atoms with van der Waals surface area (Å²) in [6, 6.07) is 5.28. The summed E-state index contributed by atoms with van der Waals surface area (Å²) in [6.45, 7) is 1.96. The Morgan fingerprint density at radius 2 is 2.17 bits per heavy atom. The van der Waals surface area contributed by atoms with Crippen LogP contribution in [0, 0.1) is 5.82 Å². The Balaban J connectivity index is 2.08. The number of carbonyl (C=O) groups is 1. The van der Waals surface area contributed by atoms with Crippen molar-refractivity contribution in [2.75, 3.05) is 0 Å². The standard InChI is InChI=1S/C13H14FN3O/c1-2-11(12-15-7-8-16-12)17-13(18)9-3-5-10(14)6-4-9/h3-8,11H,2H2,1H3,(H,15,16)(H,17,18). The summed E-state index contributed by atoms with van der Waals surface area (Å²) < 4.78 is 12.8. The second-order valence-corrected chi connectivity index (χ2v) is 3.92. The predicted molar refractivity (Wildman–Crippen MR) is 65.5 cm³/mol. The highest BCUT2D eigenvalue weighted by Crippen LogP contribution is 2.12. The highest BCUT2D eigenvalue weighted by molar-refractivity contribution is 5.94. The Labute approximate surface area is 104 Å². The van der Waals surface area contributed by atoms with Gasteiger partial charge in [-0.15, -0.1) is 0 Å². The summed E-state index contributed by atoms with van der Waals surface area (Å²) >= 11 is 0. The summed E-state index contributed by atoms with van der Waals surface area (Å²) in [5.41, 5.74) is 0.432. The van der Waals surface area contributed by atoms with Crippen molar-refractivity contribution in [2.24, 2.45) is 0 Å². The van der Waals surface area contributed by atoms with Gasteiger partial charge in [0.05, 0.1) is 6.04 Å². The maximum absolute atomic E-state index is 12.8. The Morgan fingerprint density at radius 3 is 2.72 bits per heavy atom. The van der Waals surface area contributed by atoms with Crippen LogP contribution in [0.4, 0.5) is 4.39 Å². The fraction of sp³-hybridized carbons (Fsp3) is 0.231. The minimum Gasteiger partial charge on any atom is -0.347 e. The third kappa shape index (κ3) is 2.74. The van der Waals surface area contributed by atoms with Crippen LogP contribution in [0.3, 0.4) is 0 Å². The smallest absolute Gasteiger partial charge is 0.251 e. The Hall–Kier alpha value is -2.17. The Bertz CT molecular complexity index is 508. The first-order valence-corrected chi connectivity index (χ1v) is 5.76. The number of rotatable bonds is 4. The van der Waals surface area contributed by atoms with Crippen molar-refractivity contribution in [3.8, 4) is 0 Å². The first kappa shape index (κ1) is 12.3. The second-order valence-electron chi connectivity index (χ2n) is 3.92. The number of imidazole rings is 1. The van der Waals surface area contributed by atoms with Crippen molar-refractivity contribution < 1.29 is 9.18 Å². The van der Waals surface area contributed by atoms with Gasteiger partial charge >= 0.3 is 0 Å². The third-order valence-electron chi connectivity index (χ3n) is 2.67. The predicted octanol–water partition coefficient (Wildman–Crippen LogP) is 2.43. The molecule has 2 N–H and O–H groups in total. The molecule has 0 aliphatic carbocycles. The highest BCUT2D eigenvalue weighted by atomic mass is 19.1. The number of hydrogen-bond acceptors (Lipinski definition) is 2. The summed E-state index contributed by atoms with van der Waals surface area (Å²) in [4.78, 5) is 19.0. The van der Waals surface area contributed by atoms with Gasteiger partial charge in [-0.25, -0.2) is 9.37 Å². The molecule has 2 aromatic rings. The first-order valence-electron chi connectivity index (χ1n) is 5.76. The lowest BCUT2D eigenvalue weighted by Gasteiger charge is -2.14. The zero-order valence-corrected chi connectivity index (χ0v) is 9.98. The van der Waals surface area contributed by atoms with Crippen LogP contribution < -0.4 is 5.32 Å². The van der Waals surface area contributed by atoms with Crippen LogP contribution in [0.15, 0.2) is 36.7 Å². The lowest BCUT2D eigenvalue weighted by molar-refractivity contribution is 0.0934.